The number of rotatable bonds is 38. The molecule has 4 heterocycles. The van der Waals surface area contributed by atoms with Crippen LogP contribution in [0.2, 0.25) is 0 Å². The van der Waals surface area contributed by atoms with Crippen LogP contribution in [0, 0.1) is 0 Å². The highest BCUT2D eigenvalue weighted by Gasteiger charge is 2.52. The molecule has 63 heavy (non-hydrogen) atoms. The average molecular weight is 1070 g/mol. The van der Waals surface area contributed by atoms with E-state index in [4.69, 9.17) is 0 Å². The minimum absolute atomic E-state index is 0.0750. The third-order valence-corrected chi connectivity index (χ3v) is 20.2. The summed E-state index contributed by atoms with van der Waals surface area (Å²) in [5.74, 6) is 0. The van der Waals surface area contributed by atoms with Crippen LogP contribution >= 0.6 is 77.2 Å². The van der Waals surface area contributed by atoms with Crippen LogP contribution in [0.3, 0.4) is 0 Å². The summed E-state index contributed by atoms with van der Waals surface area (Å²) in [6.07, 6.45) is 46.5. The summed E-state index contributed by atoms with van der Waals surface area (Å²) in [6.45, 7) is 9.30. The first kappa shape index (κ1) is 53.9. The molecule has 1 nitrogen and oxygen atoms in total. The Morgan fingerprint density at radius 2 is 0.825 bits per heavy atom. The summed E-state index contributed by atoms with van der Waals surface area (Å²) in [6, 6.07) is 7.33. The highest BCUT2D eigenvalue weighted by molar-refractivity contribution is 9.11. The van der Waals surface area contributed by atoms with Crippen molar-refractivity contribution in [1.82, 2.24) is 0 Å². The van der Waals surface area contributed by atoms with Gasteiger partial charge in [-0.3, -0.25) is 0 Å². The number of hydrogen-bond donors (Lipinski definition) is 1. The SMILES string of the molecule is CCCCCCCCCCC(O)(CCCCCCCCCC)C1=C(c2cc3sc(Br)cc3s2)C(CCCCCCCCCC)(CCCCCCCCCC)c2c1sc1cc(Br)sc21. The fraction of sp³-hybridized carbons (Fsp3) is 0.750. The molecule has 0 unspecified atom stereocenters. The van der Waals surface area contributed by atoms with Crippen LogP contribution in [0.1, 0.15) is 274 Å². The minimum atomic E-state index is -0.822. The van der Waals surface area contributed by atoms with Crippen molar-refractivity contribution in [1.29, 1.82) is 0 Å². The van der Waals surface area contributed by atoms with Crippen LogP contribution in [0.25, 0.3) is 29.9 Å². The zero-order valence-electron chi connectivity index (χ0n) is 40.5. The first-order valence-electron chi connectivity index (χ1n) is 26.7. The van der Waals surface area contributed by atoms with Crippen LogP contribution in [0.4, 0.5) is 0 Å². The summed E-state index contributed by atoms with van der Waals surface area (Å²) in [7, 11) is 0. The molecule has 4 aromatic rings. The van der Waals surface area contributed by atoms with Crippen LogP contribution in [0.15, 0.2) is 25.8 Å². The minimum Gasteiger partial charge on any atom is -0.385 e. The summed E-state index contributed by atoms with van der Waals surface area (Å²) in [5, 5.41) is 13.9. The normalized spacial score (nSPS) is 14.1. The molecule has 356 valence electrons. The highest BCUT2D eigenvalue weighted by atomic mass is 79.9. The molecule has 4 aromatic heterocycles. The van der Waals surface area contributed by atoms with Gasteiger partial charge in [0.25, 0.3) is 0 Å². The largest absolute Gasteiger partial charge is 0.385 e. The van der Waals surface area contributed by atoms with E-state index in [2.05, 4.69) is 77.8 Å². The number of fused-ring (bicyclic) bond motifs is 4. The van der Waals surface area contributed by atoms with Crippen molar-refractivity contribution in [2.75, 3.05) is 0 Å². The summed E-state index contributed by atoms with van der Waals surface area (Å²) >= 11 is 15.8. The Balaban J connectivity index is 1.58. The van der Waals surface area contributed by atoms with Crippen molar-refractivity contribution in [2.24, 2.45) is 0 Å². The monoisotopic (exact) mass is 1060 g/mol. The van der Waals surface area contributed by atoms with Gasteiger partial charge in [0, 0.05) is 34.8 Å². The second-order valence-electron chi connectivity index (χ2n) is 19.7. The van der Waals surface area contributed by atoms with E-state index in [-0.39, 0.29) is 5.41 Å². The predicted molar refractivity (Wildman–Crippen MR) is 297 cm³/mol. The Labute approximate surface area is 419 Å². The molecule has 1 aliphatic carbocycles. The van der Waals surface area contributed by atoms with E-state index in [0.717, 1.165) is 25.7 Å². The molecule has 0 aliphatic heterocycles. The van der Waals surface area contributed by atoms with Gasteiger partial charge in [-0.25, -0.2) is 0 Å². The lowest BCUT2D eigenvalue weighted by Gasteiger charge is -2.37. The molecule has 0 fully saturated rings. The standard InChI is InChI=1S/C56H88Br2OS4/c1-5-9-13-17-21-25-29-33-37-55(38-34-30-26-22-18-14-10-6-2)50(46-41-44-45(60-46)42-48(57)61-44)51(54-52(55)53-47(62-54)43-49(58)63-53)56(59,39-35-31-27-23-19-15-11-7-3)40-36-32-28-24-20-16-12-8-4/h41-43,59H,5-40H2,1-4H3. The Morgan fingerprint density at radius 1 is 0.444 bits per heavy atom. The van der Waals surface area contributed by atoms with Crippen molar-refractivity contribution >= 4 is 107 Å². The Kier molecular flexibility index (Phi) is 25.5. The van der Waals surface area contributed by atoms with Gasteiger partial charge in [-0.2, -0.15) is 0 Å². The first-order valence-corrected chi connectivity index (χ1v) is 31.6. The van der Waals surface area contributed by atoms with E-state index >= 15 is 0 Å². The predicted octanol–water partition coefficient (Wildman–Crippen LogP) is 22.8. The van der Waals surface area contributed by atoms with Gasteiger partial charge >= 0.3 is 0 Å². The fourth-order valence-corrected chi connectivity index (χ4v) is 17.7. The van der Waals surface area contributed by atoms with E-state index in [1.807, 2.05) is 45.3 Å². The molecule has 0 spiro atoms. The van der Waals surface area contributed by atoms with Crippen LogP contribution in [-0.4, -0.2) is 10.7 Å². The van der Waals surface area contributed by atoms with Gasteiger partial charge in [0.15, 0.2) is 0 Å². The highest BCUT2D eigenvalue weighted by Crippen LogP contribution is 2.66. The van der Waals surface area contributed by atoms with Gasteiger partial charge in [0.1, 0.15) is 0 Å². The first-order chi connectivity index (χ1) is 30.8. The molecular weight excluding hydrogens is 977 g/mol. The molecule has 1 N–H and O–H groups in total. The molecule has 0 aromatic carbocycles. The topological polar surface area (TPSA) is 20.2 Å². The fourth-order valence-electron chi connectivity index (χ4n) is 10.9. The quantitative estimate of drug-likeness (QED) is 0.0444. The molecule has 1 aliphatic rings. The van der Waals surface area contributed by atoms with Crippen molar-refractivity contribution in [3.8, 4) is 0 Å². The van der Waals surface area contributed by atoms with E-state index in [1.54, 1.807) is 11.1 Å². The Hall–Kier alpha value is -0.0200. The maximum atomic E-state index is 13.9. The third kappa shape index (κ3) is 16.0. The molecule has 0 saturated heterocycles. The zero-order chi connectivity index (χ0) is 44.8. The number of allylic oxidation sites excluding steroid dienone is 1. The Morgan fingerprint density at radius 3 is 1.27 bits per heavy atom. The maximum Gasteiger partial charge on any atom is 0.0913 e. The van der Waals surface area contributed by atoms with E-state index in [1.165, 1.54) is 247 Å². The molecular formula is C56H88Br2OS4. The molecule has 7 heteroatoms. The van der Waals surface area contributed by atoms with E-state index in [9.17, 15) is 5.11 Å². The second kappa shape index (κ2) is 29.8. The van der Waals surface area contributed by atoms with Crippen molar-refractivity contribution in [3.05, 3.63) is 41.1 Å². The average Bonchev–Trinajstić information content (AvgIpc) is 4.06. The number of aliphatic hydroxyl groups is 1. The van der Waals surface area contributed by atoms with Crippen LogP contribution in [-0.2, 0) is 5.41 Å². The number of hydrogen-bond acceptors (Lipinski definition) is 5. The van der Waals surface area contributed by atoms with Crippen LogP contribution in [0.5, 0.6) is 0 Å². The number of halogens is 2. The molecule has 0 bridgehead atoms. The third-order valence-electron chi connectivity index (χ3n) is 14.5. The summed E-state index contributed by atoms with van der Waals surface area (Å²) in [4.78, 5) is 2.92. The molecule has 0 radical (unpaired) electrons. The van der Waals surface area contributed by atoms with Gasteiger partial charge in [0.05, 0.1) is 17.9 Å². The van der Waals surface area contributed by atoms with Gasteiger partial charge in [-0.1, -0.05) is 233 Å². The second-order valence-corrected chi connectivity index (χ2v) is 26.7. The van der Waals surface area contributed by atoms with Crippen molar-refractivity contribution < 1.29 is 5.11 Å². The van der Waals surface area contributed by atoms with Gasteiger partial charge in [-0.05, 0) is 86.9 Å². The van der Waals surface area contributed by atoms with Gasteiger partial charge in [0.2, 0.25) is 0 Å². The number of unbranched alkanes of at least 4 members (excludes halogenated alkanes) is 28. The summed E-state index contributed by atoms with van der Waals surface area (Å²) in [5.41, 5.74) is 3.66. The molecule has 0 atom stereocenters. The molecule has 5 rings (SSSR count). The summed E-state index contributed by atoms with van der Waals surface area (Å²) < 4.78 is 8.22. The van der Waals surface area contributed by atoms with Crippen molar-refractivity contribution in [2.45, 2.75) is 270 Å². The lowest BCUT2D eigenvalue weighted by Crippen LogP contribution is -2.32. The van der Waals surface area contributed by atoms with Crippen LogP contribution < -0.4 is 0 Å². The van der Waals surface area contributed by atoms with Crippen molar-refractivity contribution in [3.63, 3.8) is 0 Å². The van der Waals surface area contributed by atoms with E-state index in [0.29, 0.717) is 0 Å². The van der Waals surface area contributed by atoms with Gasteiger partial charge in [-0.15, -0.1) is 45.3 Å². The lowest BCUT2D eigenvalue weighted by molar-refractivity contribution is 0.0772. The molecule has 0 saturated carbocycles. The molecule has 0 amide bonds. The lowest BCUT2D eigenvalue weighted by atomic mass is 9.68. The zero-order valence-corrected chi connectivity index (χ0v) is 47.0. The maximum absolute atomic E-state index is 13.9. The van der Waals surface area contributed by atoms with E-state index < -0.39 is 5.60 Å². The Bertz CT molecular complexity index is 1800. The number of thiophene rings is 4. The van der Waals surface area contributed by atoms with Gasteiger partial charge < -0.3 is 5.11 Å². The smallest absolute Gasteiger partial charge is 0.0913 e.